The molecule has 1 atom stereocenters. The lowest BCUT2D eigenvalue weighted by Gasteiger charge is -2.10. The molecule has 2 nitrogen and oxygen atoms in total. The summed E-state index contributed by atoms with van der Waals surface area (Å²) >= 11 is 0. The zero-order chi connectivity index (χ0) is 12.1. The van der Waals surface area contributed by atoms with E-state index in [1.165, 1.54) is 16.3 Å². The number of rotatable bonds is 5. The average Bonchev–Trinajstić information content (AvgIpc) is 2.36. The van der Waals surface area contributed by atoms with Gasteiger partial charge < -0.3 is 5.11 Å². The Morgan fingerprint density at radius 2 is 2.12 bits per heavy atom. The Morgan fingerprint density at radius 3 is 2.94 bits per heavy atom. The molecule has 1 N–H and O–H groups in total. The molecule has 0 saturated heterocycles. The molecule has 1 heterocycles. The highest BCUT2D eigenvalue weighted by Gasteiger charge is 2.05. The number of hydrogen-bond acceptors (Lipinski definition) is 2. The van der Waals surface area contributed by atoms with Crippen LogP contribution >= 0.6 is 0 Å². The topological polar surface area (TPSA) is 33.1 Å². The van der Waals surface area contributed by atoms with E-state index < -0.39 is 0 Å². The Kier molecular flexibility index (Phi) is 4.10. The predicted octanol–water partition coefficient (Wildman–Crippen LogP) is 3.33. The van der Waals surface area contributed by atoms with Gasteiger partial charge >= 0.3 is 0 Å². The van der Waals surface area contributed by atoms with Gasteiger partial charge in [0.1, 0.15) is 0 Å². The van der Waals surface area contributed by atoms with Crippen LogP contribution in [0.2, 0.25) is 0 Å². The molecule has 0 saturated carbocycles. The number of aliphatic hydroxyl groups is 1. The van der Waals surface area contributed by atoms with E-state index in [4.69, 9.17) is 0 Å². The summed E-state index contributed by atoms with van der Waals surface area (Å²) in [6.45, 7) is 2.10. The van der Waals surface area contributed by atoms with Crippen LogP contribution in [0.25, 0.3) is 10.8 Å². The molecule has 1 aromatic heterocycles. The minimum absolute atomic E-state index is 0.174. The maximum absolute atomic E-state index is 9.77. The zero-order valence-corrected chi connectivity index (χ0v) is 10.3. The molecule has 0 aliphatic rings. The van der Waals surface area contributed by atoms with E-state index in [2.05, 4.69) is 30.1 Å². The number of aliphatic hydroxyl groups excluding tert-OH is 1. The molecule has 1 unspecified atom stereocenters. The summed E-state index contributed by atoms with van der Waals surface area (Å²) in [6, 6.07) is 8.33. The summed E-state index contributed by atoms with van der Waals surface area (Å²) in [5, 5.41) is 12.2. The summed E-state index contributed by atoms with van der Waals surface area (Å²) in [7, 11) is 0. The highest BCUT2D eigenvalue weighted by Crippen LogP contribution is 2.19. The van der Waals surface area contributed by atoms with Crippen molar-refractivity contribution >= 4 is 10.8 Å². The SMILES string of the molecule is CCCC(O)CCc1cccc2ccncc12. The Labute approximate surface area is 102 Å². The standard InChI is InChI=1S/C15H19NO/c1-2-4-14(17)8-7-12-5-3-6-13-9-10-16-11-15(12)13/h3,5-6,9-11,14,17H,2,4,7-8H2,1H3. The van der Waals surface area contributed by atoms with E-state index in [1.807, 2.05) is 18.5 Å². The van der Waals surface area contributed by atoms with Crippen molar-refractivity contribution in [2.45, 2.75) is 38.7 Å². The first-order valence-corrected chi connectivity index (χ1v) is 6.31. The second-order valence-corrected chi connectivity index (χ2v) is 4.50. The second kappa shape index (κ2) is 5.78. The quantitative estimate of drug-likeness (QED) is 0.853. The van der Waals surface area contributed by atoms with Crippen LogP contribution in [0.3, 0.4) is 0 Å². The molecule has 2 heteroatoms. The third kappa shape index (κ3) is 3.04. The van der Waals surface area contributed by atoms with Crippen LogP contribution in [0.5, 0.6) is 0 Å². The summed E-state index contributed by atoms with van der Waals surface area (Å²) in [5.41, 5.74) is 1.28. The first-order valence-electron chi connectivity index (χ1n) is 6.31. The number of hydrogen-bond donors (Lipinski definition) is 1. The molecule has 17 heavy (non-hydrogen) atoms. The Morgan fingerprint density at radius 1 is 1.24 bits per heavy atom. The van der Waals surface area contributed by atoms with E-state index in [0.29, 0.717) is 0 Å². The van der Waals surface area contributed by atoms with Gasteiger partial charge in [0.25, 0.3) is 0 Å². The third-order valence-electron chi connectivity index (χ3n) is 3.14. The lowest BCUT2D eigenvalue weighted by molar-refractivity contribution is 0.154. The molecular weight excluding hydrogens is 210 g/mol. The molecule has 0 amide bonds. The van der Waals surface area contributed by atoms with E-state index in [1.54, 1.807) is 0 Å². The number of aromatic nitrogens is 1. The molecule has 0 radical (unpaired) electrons. The summed E-state index contributed by atoms with van der Waals surface area (Å²) in [6.07, 6.45) is 7.24. The smallest absolute Gasteiger partial charge is 0.0543 e. The molecule has 0 bridgehead atoms. The number of fused-ring (bicyclic) bond motifs is 1. The van der Waals surface area contributed by atoms with Crippen LogP contribution in [-0.4, -0.2) is 16.2 Å². The number of nitrogens with zero attached hydrogens (tertiary/aromatic N) is 1. The third-order valence-corrected chi connectivity index (χ3v) is 3.14. The van der Waals surface area contributed by atoms with Gasteiger partial charge in [0.05, 0.1) is 6.10 Å². The summed E-state index contributed by atoms with van der Waals surface area (Å²) < 4.78 is 0. The highest BCUT2D eigenvalue weighted by molar-refractivity contribution is 5.84. The van der Waals surface area contributed by atoms with Crippen molar-refractivity contribution in [3.05, 3.63) is 42.2 Å². The maximum atomic E-state index is 9.77. The van der Waals surface area contributed by atoms with Crippen molar-refractivity contribution in [3.63, 3.8) is 0 Å². The molecule has 0 fully saturated rings. The molecular formula is C15H19NO. The van der Waals surface area contributed by atoms with Crippen molar-refractivity contribution in [2.24, 2.45) is 0 Å². The first kappa shape index (κ1) is 12.1. The maximum Gasteiger partial charge on any atom is 0.0543 e. The van der Waals surface area contributed by atoms with Crippen LogP contribution in [0.4, 0.5) is 0 Å². The first-order chi connectivity index (χ1) is 8.31. The monoisotopic (exact) mass is 229 g/mol. The largest absolute Gasteiger partial charge is 0.393 e. The minimum Gasteiger partial charge on any atom is -0.393 e. The molecule has 1 aromatic carbocycles. The van der Waals surface area contributed by atoms with Crippen LogP contribution in [0.15, 0.2) is 36.7 Å². The fraction of sp³-hybridized carbons (Fsp3) is 0.400. The van der Waals surface area contributed by atoms with Gasteiger partial charge in [-0.2, -0.15) is 0 Å². The van der Waals surface area contributed by atoms with Gasteiger partial charge in [-0.1, -0.05) is 31.5 Å². The van der Waals surface area contributed by atoms with Crippen LogP contribution in [0, 0.1) is 0 Å². The molecule has 2 rings (SSSR count). The number of pyridine rings is 1. The van der Waals surface area contributed by atoms with Gasteiger partial charge in [0.2, 0.25) is 0 Å². The fourth-order valence-corrected chi connectivity index (χ4v) is 2.19. The molecule has 90 valence electrons. The van der Waals surface area contributed by atoms with Crippen molar-refractivity contribution in [1.82, 2.24) is 4.98 Å². The normalized spacial score (nSPS) is 12.8. The minimum atomic E-state index is -0.174. The van der Waals surface area contributed by atoms with E-state index in [-0.39, 0.29) is 6.10 Å². The lowest BCUT2D eigenvalue weighted by atomic mass is 10.00. The van der Waals surface area contributed by atoms with Gasteiger partial charge in [-0.25, -0.2) is 0 Å². The second-order valence-electron chi connectivity index (χ2n) is 4.50. The Bertz CT molecular complexity index is 476. The molecule has 0 aliphatic heterocycles. The van der Waals surface area contributed by atoms with E-state index >= 15 is 0 Å². The van der Waals surface area contributed by atoms with Crippen LogP contribution in [0.1, 0.15) is 31.7 Å². The van der Waals surface area contributed by atoms with Crippen molar-refractivity contribution in [2.75, 3.05) is 0 Å². The van der Waals surface area contributed by atoms with Crippen molar-refractivity contribution in [1.29, 1.82) is 0 Å². The zero-order valence-electron chi connectivity index (χ0n) is 10.3. The van der Waals surface area contributed by atoms with Gasteiger partial charge in [0, 0.05) is 17.8 Å². The van der Waals surface area contributed by atoms with Gasteiger partial charge in [0.15, 0.2) is 0 Å². The van der Waals surface area contributed by atoms with Crippen LogP contribution in [-0.2, 0) is 6.42 Å². The molecule has 0 aliphatic carbocycles. The van der Waals surface area contributed by atoms with Gasteiger partial charge in [-0.05, 0) is 36.3 Å². The van der Waals surface area contributed by atoms with E-state index in [9.17, 15) is 5.11 Å². The van der Waals surface area contributed by atoms with Gasteiger partial charge in [-0.3, -0.25) is 4.98 Å². The number of benzene rings is 1. The Hall–Kier alpha value is -1.41. The van der Waals surface area contributed by atoms with Crippen molar-refractivity contribution in [3.8, 4) is 0 Å². The Balaban J connectivity index is 2.13. The fourth-order valence-electron chi connectivity index (χ4n) is 2.19. The van der Waals surface area contributed by atoms with Crippen molar-refractivity contribution < 1.29 is 5.11 Å². The van der Waals surface area contributed by atoms with E-state index in [0.717, 1.165) is 25.7 Å². The van der Waals surface area contributed by atoms with Crippen LogP contribution < -0.4 is 0 Å². The lowest BCUT2D eigenvalue weighted by Crippen LogP contribution is -2.07. The summed E-state index contributed by atoms with van der Waals surface area (Å²) in [4.78, 5) is 4.17. The summed E-state index contributed by atoms with van der Waals surface area (Å²) in [5.74, 6) is 0. The molecule has 0 spiro atoms. The average molecular weight is 229 g/mol. The predicted molar refractivity (Wildman–Crippen MR) is 71.0 cm³/mol. The number of aryl methyl sites for hydroxylation is 1. The molecule has 2 aromatic rings. The van der Waals surface area contributed by atoms with Gasteiger partial charge in [-0.15, -0.1) is 0 Å². The highest BCUT2D eigenvalue weighted by atomic mass is 16.3.